The summed E-state index contributed by atoms with van der Waals surface area (Å²) in [4.78, 5) is 26.0. The van der Waals surface area contributed by atoms with Crippen molar-refractivity contribution in [2.24, 2.45) is 0 Å². The minimum Gasteiger partial charge on any atom is -0.482 e. The van der Waals surface area contributed by atoms with Crippen molar-refractivity contribution in [2.75, 3.05) is 23.4 Å². The highest BCUT2D eigenvalue weighted by atomic mass is 32.2. The molecule has 1 aromatic rings. The number of carbonyl (C=O) groups excluding carboxylic acids is 2. The molecule has 3 rings (SSSR count). The average molecular weight is 394 g/mol. The smallest absolute Gasteiger partial charge is 0.261 e. The van der Waals surface area contributed by atoms with Crippen LogP contribution in [0.25, 0.3) is 0 Å². The standard InChI is InChI=1S/C19H26N2O5S/c1-14(22)20-17-8-4-5-9-18(17)26-12-19(23)21(15-6-2-3-7-15)16-10-11-27(24,25)13-16/h4-5,8-9,15-16H,2-3,6-7,10-13H2,1H3,(H,20,22)/t16-/m0/s1. The van der Waals surface area contributed by atoms with Gasteiger partial charge in [0.1, 0.15) is 5.75 Å². The van der Waals surface area contributed by atoms with Crippen LogP contribution in [0.2, 0.25) is 0 Å². The van der Waals surface area contributed by atoms with Gasteiger partial charge in [0, 0.05) is 19.0 Å². The summed E-state index contributed by atoms with van der Waals surface area (Å²) in [6.07, 6.45) is 4.42. The first kappa shape index (κ1) is 19.7. The molecule has 1 N–H and O–H groups in total. The molecule has 1 aliphatic carbocycles. The molecule has 1 aliphatic heterocycles. The van der Waals surface area contributed by atoms with E-state index in [1.165, 1.54) is 6.92 Å². The van der Waals surface area contributed by atoms with Gasteiger partial charge in [0.05, 0.1) is 17.2 Å². The normalized spacial score (nSPS) is 21.7. The molecular weight excluding hydrogens is 368 g/mol. The number of nitrogens with one attached hydrogen (secondary N) is 1. The zero-order valence-electron chi connectivity index (χ0n) is 15.5. The van der Waals surface area contributed by atoms with Gasteiger partial charge in [0.2, 0.25) is 5.91 Å². The maximum atomic E-state index is 13.0. The molecule has 1 aromatic carbocycles. The Kier molecular flexibility index (Phi) is 6.04. The van der Waals surface area contributed by atoms with Gasteiger partial charge in [-0.05, 0) is 31.4 Å². The first-order chi connectivity index (χ1) is 12.9. The van der Waals surface area contributed by atoms with Crippen LogP contribution in [0, 0.1) is 0 Å². The molecule has 27 heavy (non-hydrogen) atoms. The van der Waals surface area contributed by atoms with Gasteiger partial charge in [0.25, 0.3) is 5.91 Å². The van der Waals surface area contributed by atoms with Crippen LogP contribution in [0.1, 0.15) is 39.0 Å². The number of carbonyl (C=O) groups is 2. The van der Waals surface area contributed by atoms with Crippen LogP contribution in [0.5, 0.6) is 5.75 Å². The number of anilines is 1. The van der Waals surface area contributed by atoms with Crippen molar-refractivity contribution in [1.29, 1.82) is 0 Å². The van der Waals surface area contributed by atoms with Gasteiger partial charge in [-0.3, -0.25) is 9.59 Å². The number of nitrogens with zero attached hydrogens (tertiary/aromatic N) is 1. The minimum atomic E-state index is -3.07. The second-order valence-electron chi connectivity index (χ2n) is 7.26. The van der Waals surface area contributed by atoms with Gasteiger partial charge in [-0.25, -0.2) is 8.42 Å². The summed E-state index contributed by atoms with van der Waals surface area (Å²) in [6.45, 7) is 1.23. The Bertz CT molecular complexity index is 802. The van der Waals surface area contributed by atoms with Crippen LogP contribution in [-0.2, 0) is 19.4 Å². The molecule has 2 aliphatic rings. The fraction of sp³-hybridized carbons (Fsp3) is 0.579. The summed E-state index contributed by atoms with van der Waals surface area (Å²) in [5.74, 6) is 0.187. The van der Waals surface area contributed by atoms with E-state index in [1.807, 2.05) is 0 Å². The lowest BCUT2D eigenvalue weighted by Crippen LogP contribution is -2.48. The zero-order valence-corrected chi connectivity index (χ0v) is 16.3. The predicted molar refractivity (Wildman–Crippen MR) is 102 cm³/mol. The van der Waals surface area contributed by atoms with E-state index in [0.717, 1.165) is 25.7 Å². The molecule has 0 unspecified atom stereocenters. The number of ether oxygens (including phenoxy) is 1. The number of para-hydroxylation sites is 2. The largest absolute Gasteiger partial charge is 0.482 e. The molecule has 1 saturated heterocycles. The molecule has 1 heterocycles. The van der Waals surface area contributed by atoms with E-state index in [4.69, 9.17) is 4.74 Å². The molecular formula is C19H26N2O5S. The second-order valence-corrected chi connectivity index (χ2v) is 9.49. The molecule has 7 nitrogen and oxygen atoms in total. The third kappa shape index (κ3) is 5.00. The molecule has 2 amide bonds. The van der Waals surface area contributed by atoms with E-state index in [1.54, 1.807) is 29.2 Å². The summed E-state index contributed by atoms with van der Waals surface area (Å²) in [5.41, 5.74) is 0.508. The van der Waals surface area contributed by atoms with Gasteiger partial charge in [0.15, 0.2) is 16.4 Å². The molecule has 1 atom stereocenters. The van der Waals surface area contributed by atoms with E-state index in [9.17, 15) is 18.0 Å². The van der Waals surface area contributed by atoms with E-state index >= 15 is 0 Å². The van der Waals surface area contributed by atoms with E-state index in [-0.39, 0.29) is 42.0 Å². The van der Waals surface area contributed by atoms with Gasteiger partial charge in [-0.15, -0.1) is 0 Å². The summed E-state index contributed by atoms with van der Waals surface area (Å²) < 4.78 is 29.5. The maximum Gasteiger partial charge on any atom is 0.261 e. The first-order valence-corrected chi connectivity index (χ1v) is 11.2. The predicted octanol–water partition coefficient (Wildman–Crippen LogP) is 1.98. The zero-order chi connectivity index (χ0) is 19.4. The maximum absolute atomic E-state index is 13.0. The molecule has 2 fully saturated rings. The van der Waals surface area contributed by atoms with Crippen molar-refractivity contribution in [3.63, 3.8) is 0 Å². The Morgan fingerprint density at radius 2 is 1.85 bits per heavy atom. The summed E-state index contributed by atoms with van der Waals surface area (Å²) in [6, 6.07) is 6.76. The van der Waals surface area contributed by atoms with E-state index in [2.05, 4.69) is 5.32 Å². The van der Waals surface area contributed by atoms with Crippen molar-refractivity contribution >= 4 is 27.3 Å². The fourth-order valence-electron chi connectivity index (χ4n) is 3.98. The highest BCUT2D eigenvalue weighted by Gasteiger charge is 2.39. The Morgan fingerprint density at radius 1 is 1.15 bits per heavy atom. The lowest BCUT2D eigenvalue weighted by atomic mass is 10.1. The van der Waals surface area contributed by atoms with Crippen LogP contribution in [0.15, 0.2) is 24.3 Å². The monoisotopic (exact) mass is 394 g/mol. The molecule has 148 valence electrons. The van der Waals surface area contributed by atoms with Crippen molar-refractivity contribution < 1.29 is 22.7 Å². The number of amides is 2. The Morgan fingerprint density at radius 3 is 2.48 bits per heavy atom. The molecule has 0 spiro atoms. The SMILES string of the molecule is CC(=O)Nc1ccccc1OCC(=O)N(C1CCCC1)[C@H]1CCS(=O)(=O)C1. The second kappa shape index (κ2) is 8.29. The third-order valence-corrected chi connectivity index (χ3v) is 6.91. The van der Waals surface area contributed by atoms with Crippen LogP contribution in [0.3, 0.4) is 0 Å². The van der Waals surface area contributed by atoms with Crippen LogP contribution in [0.4, 0.5) is 5.69 Å². The van der Waals surface area contributed by atoms with E-state index in [0.29, 0.717) is 17.9 Å². The van der Waals surface area contributed by atoms with Crippen molar-refractivity contribution in [1.82, 2.24) is 4.90 Å². The summed E-state index contributed by atoms with van der Waals surface area (Å²) in [7, 11) is -3.07. The fourth-order valence-corrected chi connectivity index (χ4v) is 5.69. The first-order valence-electron chi connectivity index (χ1n) is 9.37. The molecule has 8 heteroatoms. The molecule has 0 bridgehead atoms. The average Bonchev–Trinajstić information content (AvgIpc) is 3.24. The highest BCUT2D eigenvalue weighted by molar-refractivity contribution is 7.91. The third-order valence-electron chi connectivity index (χ3n) is 5.16. The molecule has 1 saturated carbocycles. The number of hydrogen-bond acceptors (Lipinski definition) is 5. The number of sulfone groups is 1. The Labute approximate surface area is 160 Å². The number of rotatable bonds is 6. The van der Waals surface area contributed by atoms with Crippen LogP contribution in [-0.4, -0.2) is 55.3 Å². The van der Waals surface area contributed by atoms with Crippen molar-refractivity contribution in [3.8, 4) is 5.75 Å². The Hall–Kier alpha value is -2.09. The van der Waals surface area contributed by atoms with Crippen molar-refractivity contribution in [2.45, 2.75) is 51.1 Å². The van der Waals surface area contributed by atoms with Crippen molar-refractivity contribution in [3.05, 3.63) is 24.3 Å². The molecule has 0 radical (unpaired) electrons. The van der Waals surface area contributed by atoms with Gasteiger partial charge >= 0.3 is 0 Å². The lowest BCUT2D eigenvalue weighted by molar-refractivity contribution is -0.137. The van der Waals surface area contributed by atoms with Gasteiger partial charge < -0.3 is 15.0 Å². The topological polar surface area (TPSA) is 92.8 Å². The van der Waals surface area contributed by atoms with Crippen LogP contribution >= 0.6 is 0 Å². The minimum absolute atomic E-state index is 0.0394. The number of benzene rings is 1. The van der Waals surface area contributed by atoms with E-state index < -0.39 is 9.84 Å². The molecule has 0 aromatic heterocycles. The van der Waals surface area contributed by atoms with Gasteiger partial charge in [-0.2, -0.15) is 0 Å². The number of hydrogen-bond donors (Lipinski definition) is 1. The summed E-state index contributed by atoms with van der Waals surface area (Å²) in [5, 5.41) is 2.68. The Balaban J connectivity index is 1.71. The van der Waals surface area contributed by atoms with Crippen LogP contribution < -0.4 is 10.1 Å². The quantitative estimate of drug-likeness (QED) is 0.796. The lowest BCUT2D eigenvalue weighted by Gasteiger charge is -2.34. The van der Waals surface area contributed by atoms with Gasteiger partial charge in [-0.1, -0.05) is 25.0 Å². The highest BCUT2D eigenvalue weighted by Crippen LogP contribution is 2.30. The summed E-state index contributed by atoms with van der Waals surface area (Å²) >= 11 is 0.